The summed E-state index contributed by atoms with van der Waals surface area (Å²) in [6, 6.07) is 4.10. The Bertz CT molecular complexity index is 510. The Kier molecular flexibility index (Phi) is 3.38. The number of carbonyl (C=O) groups excluding carboxylic acids is 1. The number of nitrogens with one attached hydrogen (secondary N) is 2. The van der Waals surface area contributed by atoms with Gasteiger partial charge >= 0.3 is 0 Å². The molecule has 0 heterocycles. The summed E-state index contributed by atoms with van der Waals surface area (Å²) in [5.74, 6) is -0.528. The summed E-state index contributed by atoms with van der Waals surface area (Å²) in [7, 11) is -3.43. The second-order valence-electron chi connectivity index (χ2n) is 3.29. The van der Waals surface area contributed by atoms with Gasteiger partial charge in [0.1, 0.15) is 5.75 Å². The predicted octanol–water partition coefficient (Wildman–Crippen LogP) is 0.722. The highest BCUT2D eigenvalue weighted by Crippen LogP contribution is 2.27. The molecule has 1 amide bonds. The first-order chi connectivity index (χ1) is 7.28. The van der Waals surface area contributed by atoms with Crippen LogP contribution in [0.2, 0.25) is 0 Å². The number of aromatic hydroxyl groups is 1. The fourth-order valence-corrected chi connectivity index (χ4v) is 1.67. The fourth-order valence-electron chi connectivity index (χ4n) is 1.10. The zero-order valence-corrected chi connectivity index (χ0v) is 9.63. The van der Waals surface area contributed by atoms with Crippen LogP contribution in [0.25, 0.3) is 0 Å². The maximum absolute atomic E-state index is 10.9. The van der Waals surface area contributed by atoms with Gasteiger partial charge in [0.15, 0.2) is 0 Å². The van der Waals surface area contributed by atoms with E-state index in [0.29, 0.717) is 5.69 Å². The number of amides is 1. The minimum atomic E-state index is -3.43. The maximum atomic E-state index is 10.9. The molecule has 0 saturated heterocycles. The second-order valence-corrected chi connectivity index (χ2v) is 5.04. The maximum Gasteiger partial charge on any atom is 0.229 e. The number of rotatable bonds is 3. The normalized spacial score (nSPS) is 10.9. The molecule has 7 heteroatoms. The first-order valence-electron chi connectivity index (χ1n) is 4.36. The number of phenols is 1. The van der Waals surface area contributed by atoms with Gasteiger partial charge in [0.2, 0.25) is 15.9 Å². The van der Waals surface area contributed by atoms with Crippen LogP contribution in [0.1, 0.15) is 6.92 Å². The standard InChI is InChI=1S/C9H12N2O4S/c1-6(12)10-7-3-4-8(9(13)5-7)11-16(2,14)15/h3-5,11,13H,1-2H3,(H,10,12). The van der Waals surface area contributed by atoms with Gasteiger partial charge in [0.05, 0.1) is 11.9 Å². The van der Waals surface area contributed by atoms with Crippen molar-refractivity contribution in [1.82, 2.24) is 0 Å². The van der Waals surface area contributed by atoms with Gasteiger partial charge in [-0.3, -0.25) is 9.52 Å². The third-order valence-corrected chi connectivity index (χ3v) is 2.20. The van der Waals surface area contributed by atoms with Crippen molar-refractivity contribution < 1.29 is 18.3 Å². The summed E-state index contributed by atoms with van der Waals surface area (Å²) < 4.78 is 24.0. The molecule has 0 aliphatic carbocycles. The van der Waals surface area contributed by atoms with Gasteiger partial charge in [-0.1, -0.05) is 0 Å². The van der Waals surface area contributed by atoms with E-state index < -0.39 is 10.0 Å². The molecule has 0 aromatic heterocycles. The van der Waals surface area contributed by atoms with Crippen LogP contribution in [0.5, 0.6) is 5.75 Å². The van der Waals surface area contributed by atoms with Crippen molar-refractivity contribution in [2.24, 2.45) is 0 Å². The van der Waals surface area contributed by atoms with Gasteiger partial charge < -0.3 is 10.4 Å². The molecule has 1 rings (SSSR count). The molecule has 0 spiro atoms. The molecular weight excluding hydrogens is 232 g/mol. The Labute approximate surface area is 93.3 Å². The molecule has 0 bridgehead atoms. The first-order valence-corrected chi connectivity index (χ1v) is 6.25. The molecule has 0 aliphatic heterocycles. The molecule has 0 fully saturated rings. The van der Waals surface area contributed by atoms with Gasteiger partial charge in [-0.05, 0) is 12.1 Å². The Morgan fingerprint density at radius 2 is 2.00 bits per heavy atom. The van der Waals surface area contributed by atoms with Crippen molar-refractivity contribution >= 4 is 27.3 Å². The molecule has 1 aromatic carbocycles. The first kappa shape index (κ1) is 12.3. The molecule has 16 heavy (non-hydrogen) atoms. The third kappa shape index (κ3) is 3.77. The van der Waals surface area contributed by atoms with Gasteiger partial charge in [-0.2, -0.15) is 0 Å². The van der Waals surface area contributed by atoms with E-state index in [4.69, 9.17) is 0 Å². The Morgan fingerprint density at radius 3 is 2.44 bits per heavy atom. The van der Waals surface area contributed by atoms with Gasteiger partial charge in [-0.25, -0.2) is 8.42 Å². The molecule has 0 unspecified atom stereocenters. The van der Waals surface area contributed by atoms with Crippen LogP contribution in [-0.4, -0.2) is 25.7 Å². The van der Waals surface area contributed by atoms with Gasteiger partial charge in [-0.15, -0.1) is 0 Å². The lowest BCUT2D eigenvalue weighted by Gasteiger charge is -2.08. The Hall–Kier alpha value is -1.76. The molecule has 0 radical (unpaired) electrons. The lowest BCUT2D eigenvalue weighted by molar-refractivity contribution is -0.114. The molecule has 6 nitrogen and oxygen atoms in total. The van der Waals surface area contributed by atoms with Crippen LogP contribution in [0.3, 0.4) is 0 Å². The van der Waals surface area contributed by atoms with Crippen molar-refractivity contribution in [1.29, 1.82) is 0 Å². The number of benzene rings is 1. The molecule has 3 N–H and O–H groups in total. The van der Waals surface area contributed by atoms with Crippen molar-refractivity contribution in [2.45, 2.75) is 6.92 Å². The van der Waals surface area contributed by atoms with Crippen LogP contribution in [0.4, 0.5) is 11.4 Å². The third-order valence-electron chi connectivity index (χ3n) is 1.61. The van der Waals surface area contributed by atoms with E-state index in [0.717, 1.165) is 6.26 Å². The van der Waals surface area contributed by atoms with E-state index in [1.165, 1.54) is 25.1 Å². The lowest BCUT2D eigenvalue weighted by atomic mass is 10.2. The highest BCUT2D eigenvalue weighted by atomic mass is 32.2. The van der Waals surface area contributed by atoms with E-state index in [1.807, 2.05) is 0 Å². The van der Waals surface area contributed by atoms with Crippen LogP contribution in [0, 0.1) is 0 Å². The average Bonchev–Trinajstić information content (AvgIpc) is 2.06. The number of phenolic OH excluding ortho intramolecular Hbond substituents is 1. The van der Waals surface area contributed by atoms with E-state index in [-0.39, 0.29) is 17.3 Å². The summed E-state index contributed by atoms with van der Waals surface area (Å²) in [4.78, 5) is 10.7. The summed E-state index contributed by atoms with van der Waals surface area (Å²) in [5, 5.41) is 11.9. The number of hydrogen-bond donors (Lipinski definition) is 3. The highest BCUT2D eigenvalue weighted by molar-refractivity contribution is 7.92. The zero-order valence-electron chi connectivity index (χ0n) is 8.81. The minimum absolute atomic E-state index is 0.0663. The largest absolute Gasteiger partial charge is 0.506 e. The van der Waals surface area contributed by atoms with Crippen molar-refractivity contribution in [3.05, 3.63) is 18.2 Å². The van der Waals surface area contributed by atoms with Crippen molar-refractivity contribution in [2.75, 3.05) is 16.3 Å². The minimum Gasteiger partial charge on any atom is -0.506 e. The molecule has 88 valence electrons. The molecule has 0 saturated carbocycles. The van der Waals surface area contributed by atoms with Crippen LogP contribution < -0.4 is 10.0 Å². The average molecular weight is 244 g/mol. The van der Waals surface area contributed by atoms with E-state index in [9.17, 15) is 18.3 Å². The van der Waals surface area contributed by atoms with Crippen LogP contribution >= 0.6 is 0 Å². The SMILES string of the molecule is CC(=O)Nc1ccc(NS(C)(=O)=O)c(O)c1. The summed E-state index contributed by atoms with van der Waals surface area (Å²) in [5.41, 5.74) is 0.459. The quantitative estimate of drug-likeness (QED) is 0.683. The van der Waals surface area contributed by atoms with E-state index in [1.54, 1.807) is 0 Å². The van der Waals surface area contributed by atoms with E-state index in [2.05, 4.69) is 10.0 Å². The summed E-state index contributed by atoms with van der Waals surface area (Å²) in [6.07, 6.45) is 0.980. The topological polar surface area (TPSA) is 95.5 Å². The highest BCUT2D eigenvalue weighted by Gasteiger charge is 2.07. The molecule has 0 aliphatic rings. The van der Waals surface area contributed by atoms with Crippen LogP contribution in [0.15, 0.2) is 18.2 Å². The fraction of sp³-hybridized carbons (Fsp3) is 0.222. The van der Waals surface area contributed by atoms with E-state index >= 15 is 0 Å². The monoisotopic (exact) mass is 244 g/mol. The van der Waals surface area contributed by atoms with Gasteiger partial charge in [0.25, 0.3) is 0 Å². The zero-order chi connectivity index (χ0) is 12.3. The van der Waals surface area contributed by atoms with Crippen molar-refractivity contribution in [3.8, 4) is 5.75 Å². The number of sulfonamides is 1. The number of hydrogen-bond acceptors (Lipinski definition) is 4. The van der Waals surface area contributed by atoms with Crippen LogP contribution in [-0.2, 0) is 14.8 Å². The summed E-state index contributed by atoms with van der Waals surface area (Å²) >= 11 is 0. The van der Waals surface area contributed by atoms with Crippen molar-refractivity contribution in [3.63, 3.8) is 0 Å². The molecule has 1 aromatic rings. The molecule has 0 atom stereocenters. The Morgan fingerprint density at radius 1 is 1.38 bits per heavy atom. The molecular formula is C9H12N2O4S. The predicted molar refractivity (Wildman–Crippen MR) is 60.9 cm³/mol. The Balaban J connectivity index is 2.96. The second kappa shape index (κ2) is 4.40. The number of carbonyl (C=O) groups is 1. The smallest absolute Gasteiger partial charge is 0.229 e. The number of anilines is 2. The lowest BCUT2D eigenvalue weighted by Crippen LogP contribution is -2.10. The van der Waals surface area contributed by atoms with Gasteiger partial charge in [0, 0.05) is 18.7 Å². The summed E-state index contributed by atoms with van der Waals surface area (Å²) in [6.45, 7) is 1.33.